The molecule has 0 amide bonds. The maximum atomic E-state index is 12.4. The maximum Gasteiger partial charge on any atom is 0.306 e. The van der Waals surface area contributed by atoms with Crippen LogP contribution in [0, 0.1) is 0 Å². The summed E-state index contributed by atoms with van der Waals surface area (Å²) in [5.41, 5.74) is 0. The molecule has 0 aromatic heterocycles. The van der Waals surface area contributed by atoms with Crippen molar-refractivity contribution in [3.63, 3.8) is 0 Å². The molecular formula is C85H142O5. The number of unbranched alkanes of at least 4 members (excludes halogenated alkanes) is 35. The number of ether oxygens (including phenoxy) is 2. The second-order valence-corrected chi connectivity index (χ2v) is 25.0. The van der Waals surface area contributed by atoms with E-state index >= 15 is 0 Å². The fraction of sp³-hybridized carbons (Fsp3) is 0.671. The largest absolute Gasteiger partial charge is 0.462 e. The zero-order chi connectivity index (χ0) is 64.7. The average Bonchev–Trinajstić information content (AvgIpc) is 3.60. The molecule has 0 aromatic rings. The lowest BCUT2D eigenvalue weighted by molar-refractivity contribution is -0.161. The molecule has 0 aliphatic carbocycles. The number of allylic oxidation sites excluding steroid dienone is 26. The van der Waals surface area contributed by atoms with Crippen LogP contribution >= 0.6 is 0 Å². The van der Waals surface area contributed by atoms with Gasteiger partial charge in [0.15, 0.2) is 6.10 Å². The zero-order valence-corrected chi connectivity index (χ0v) is 58.9. The SMILES string of the molecule is CC/C=C\C/C=C\C/C=C\C/C=C\C/C=C\C/C=C\C/C=C\CCCCCCCCCCCCCCCCCCCCCC(=O)OC(CO)COC(=O)CCCCCCCCCCCCCCCCCC/C=C\C/C=C\C/C=C\C/C=C\C/C=C\C/C=C\CC. The summed E-state index contributed by atoms with van der Waals surface area (Å²) < 4.78 is 10.8. The predicted octanol–water partition coefficient (Wildman–Crippen LogP) is 27.0. The molecule has 5 heteroatoms. The van der Waals surface area contributed by atoms with E-state index in [1.54, 1.807) is 0 Å². The first-order chi connectivity index (χ1) is 44.6. The molecule has 1 unspecified atom stereocenters. The number of carbonyl (C=O) groups excluding carboxylic acids is 2. The van der Waals surface area contributed by atoms with Crippen LogP contribution in [0.5, 0.6) is 0 Å². The van der Waals surface area contributed by atoms with Gasteiger partial charge in [-0.2, -0.15) is 0 Å². The fourth-order valence-electron chi connectivity index (χ4n) is 10.7. The van der Waals surface area contributed by atoms with Gasteiger partial charge < -0.3 is 14.6 Å². The van der Waals surface area contributed by atoms with Crippen LogP contribution in [0.15, 0.2) is 158 Å². The minimum absolute atomic E-state index is 0.0684. The number of esters is 2. The highest BCUT2D eigenvalue weighted by Crippen LogP contribution is 2.18. The third-order valence-electron chi connectivity index (χ3n) is 16.3. The van der Waals surface area contributed by atoms with E-state index in [1.165, 1.54) is 199 Å². The van der Waals surface area contributed by atoms with Gasteiger partial charge in [0.1, 0.15) is 6.61 Å². The standard InChI is InChI=1S/C85H142O5/c1-3-5-7-9-11-13-15-17-19-21-23-25-27-29-31-33-35-37-39-40-41-42-43-44-46-48-50-52-54-56-58-60-62-64-66-68-70-72-74-76-78-80-85(88)90-83(81-86)82-89-84(87)79-77-75-73-71-69-67-65-63-61-59-57-55-53-51-49-47-45-38-36-34-32-30-28-26-24-22-20-18-16-14-12-10-8-6-4-2/h5-8,11-14,17-20,23-26,29-32,35-38,40-41,83,86H,3-4,9-10,15-16,21-22,27-28,33-34,39,42-82H2,1-2H3/b7-5-,8-6-,13-11-,14-12-,19-17-,20-18-,25-23-,26-24-,31-29-,32-30-,37-35-,38-36-,41-40-. The van der Waals surface area contributed by atoms with Gasteiger partial charge in [-0.05, 0) is 122 Å². The lowest BCUT2D eigenvalue weighted by atomic mass is 10.0. The lowest BCUT2D eigenvalue weighted by Gasteiger charge is -2.15. The summed E-state index contributed by atoms with van der Waals surface area (Å²) >= 11 is 0. The van der Waals surface area contributed by atoms with Gasteiger partial charge in [-0.3, -0.25) is 9.59 Å². The molecule has 512 valence electrons. The number of carbonyl (C=O) groups is 2. The number of rotatable bonds is 69. The molecule has 90 heavy (non-hydrogen) atoms. The molecule has 0 heterocycles. The second-order valence-electron chi connectivity index (χ2n) is 25.0. The number of hydrogen-bond donors (Lipinski definition) is 1. The Morgan fingerprint density at radius 1 is 0.256 bits per heavy atom. The van der Waals surface area contributed by atoms with Crippen molar-refractivity contribution in [1.82, 2.24) is 0 Å². The first-order valence-corrected chi connectivity index (χ1v) is 38.0. The molecule has 0 rings (SSSR count). The summed E-state index contributed by atoms with van der Waals surface area (Å²) in [5, 5.41) is 9.73. The molecule has 0 aliphatic rings. The van der Waals surface area contributed by atoms with Crippen LogP contribution in [0.3, 0.4) is 0 Å². The van der Waals surface area contributed by atoms with Gasteiger partial charge in [-0.1, -0.05) is 371 Å². The first-order valence-electron chi connectivity index (χ1n) is 38.0. The summed E-state index contributed by atoms with van der Waals surface area (Å²) in [4.78, 5) is 24.7. The van der Waals surface area contributed by atoms with Crippen molar-refractivity contribution in [3.8, 4) is 0 Å². The highest BCUT2D eigenvalue weighted by Gasteiger charge is 2.16. The Morgan fingerprint density at radius 3 is 0.667 bits per heavy atom. The summed E-state index contributed by atoms with van der Waals surface area (Å²) in [6.07, 6.45) is 120. The number of aliphatic hydroxyl groups is 1. The number of aliphatic hydroxyl groups excluding tert-OH is 1. The van der Waals surface area contributed by atoms with E-state index in [1.807, 2.05) is 0 Å². The minimum atomic E-state index is -0.780. The van der Waals surface area contributed by atoms with Crippen molar-refractivity contribution in [1.29, 1.82) is 0 Å². The van der Waals surface area contributed by atoms with Crippen molar-refractivity contribution >= 4 is 11.9 Å². The van der Waals surface area contributed by atoms with Crippen LogP contribution in [0.25, 0.3) is 0 Å². The quantitative estimate of drug-likeness (QED) is 0.0373. The van der Waals surface area contributed by atoms with Crippen LogP contribution in [-0.4, -0.2) is 36.4 Å². The Labute approximate surface area is 558 Å². The minimum Gasteiger partial charge on any atom is -0.462 e. The summed E-state index contributed by atoms with van der Waals surface area (Å²) in [5.74, 6) is -0.582. The molecule has 0 fully saturated rings. The van der Waals surface area contributed by atoms with Crippen LogP contribution in [0.4, 0.5) is 0 Å². The molecule has 0 aliphatic heterocycles. The Balaban J connectivity index is 3.46. The molecule has 0 aromatic carbocycles. The Hall–Kier alpha value is -4.48. The summed E-state index contributed by atoms with van der Waals surface area (Å²) in [6, 6.07) is 0. The predicted molar refractivity (Wildman–Crippen MR) is 398 cm³/mol. The monoisotopic (exact) mass is 1240 g/mol. The van der Waals surface area contributed by atoms with Crippen LogP contribution < -0.4 is 0 Å². The van der Waals surface area contributed by atoms with Crippen molar-refractivity contribution in [2.45, 2.75) is 354 Å². The Kier molecular flexibility index (Phi) is 74.8. The van der Waals surface area contributed by atoms with E-state index in [0.717, 1.165) is 122 Å². The molecule has 5 nitrogen and oxygen atoms in total. The Bertz CT molecular complexity index is 1900. The molecule has 1 N–H and O–H groups in total. The number of hydrogen-bond acceptors (Lipinski definition) is 5. The molecule has 0 bridgehead atoms. The van der Waals surface area contributed by atoms with E-state index < -0.39 is 6.10 Å². The average molecular weight is 1240 g/mol. The van der Waals surface area contributed by atoms with E-state index in [0.29, 0.717) is 12.8 Å². The summed E-state index contributed by atoms with van der Waals surface area (Å²) in [6.45, 7) is 3.94. The van der Waals surface area contributed by atoms with Gasteiger partial charge in [-0.25, -0.2) is 0 Å². The summed E-state index contributed by atoms with van der Waals surface area (Å²) in [7, 11) is 0. The van der Waals surface area contributed by atoms with Gasteiger partial charge in [0.25, 0.3) is 0 Å². The van der Waals surface area contributed by atoms with Gasteiger partial charge in [0.05, 0.1) is 6.61 Å². The zero-order valence-electron chi connectivity index (χ0n) is 58.9. The van der Waals surface area contributed by atoms with Crippen molar-refractivity contribution in [2.24, 2.45) is 0 Å². The molecule has 1 atom stereocenters. The van der Waals surface area contributed by atoms with Crippen LogP contribution in [-0.2, 0) is 19.1 Å². The van der Waals surface area contributed by atoms with Crippen molar-refractivity contribution in [3.05, 3.63) is 158 Å². The van der Waals surface area contributed by atoms with Crippen molar-refractivity contribution < 1.29 is 24.2 Å². The van der Waals surface area contributed by atoms with Gasteiger partial charge >= 0.3 is 11.9 Å². The van der Waals surface area contributed by atoms with E-state index in [-0.39, 0.29) is 25.2 Å². The van der Waals surface area contributed by atoms with Crippen LogP contribution in [0.1, 0.15) is 348 Å². The van der Waals surface area contributed by atoms with Gasteiger partial charge in [0, 0.05) is 12.8 Å². The lowest BCUT2D eigenvalue weighted by Crippen LogP contribution is -2.28. The van der Waals surface area contributed by atoms with E-state index in [2.05, 4.69) is 172 Å². The van der Waals surface area contributed by atoms with Crippen LogP contribution in [0.2, 0.25) is 0 Å². The highest BCUT2D eigenvalue weighted by atomic mass is 16.6. The smallest absolute Gasteiger partial charge is 0.306 e. The van der Waals surface area contributed by atoms with Gasteiger partial charge in [-0.15, -0.1) is 0 Å². The Morgan fingerprint density at radius 2 is 0.444 bits per heavy atom. The first kappa shape index (κ1) is 85.5. The molecule has 0 saturated heterocycles. The third-order valence-corrected chi connectivity index (χ3v) is 16.3. The van der Waals surface area contributed by atoms with E-state index in [4.69, 9.17) is 9.47 Å². The molecule has 0 radical (unpaired) electrons. The normalized spacial score (nSPS) is 13.1. The third kappa shape index (κ3) is 76.0. The maximum absolute atomic E-state index is 12.4. The molecule has 0 saturated carbocycles. The molecular weight excluding hydrogens is 1100 g/mol. The second kappa shape index (κ2) is 78.8. The topological polar surface area (TPSA) is 72.8 Å². The van der Waals surface area contributed by atoms with Gasteiger partial charge in [0.2, 0.25) is 0 Å². The van der Waals surface area contributed by atoms with Crippen molar-refractivity contribution in [2.75, 3.05) is 13.2 Å². The molecule has 0 spiro atoms. The van der Waals surface area contributed by atoms with E-state index in [9.17, 15) is 14.7 Å². The highest BCUT2D eigenvalue weighted by molar-refractivity contribution is 5.70. The fourth-order valence-corrected chi connectivity index (χ4v) is 10.7.